The van der Waals surface area contributed by atoms with Crippen molar-refractivity contribution in [1.82, 2.24) is 4.57 Å². The van der Waals surface area contributed by atoms with E-state index in [4.69, 9.17) is 15.2 Å². The number of alkyl halides is 2. The number of aromatic nitrogens is 1. The van der Waals surface area contributed by atoms with Gasteiger partial charge in [0, 0.05) is 29.0 Å². The number of nitrogens with zero attached hydrogens (tertiary/aromatic N) is 1. The summed E-state index contributed by atoms with van der Waals surface area (Å²) in [6.45, 7) is -2.27. The maximum Gasteiger partial charge on any atom is 0.387 e. The predicted molar refractivity (Wildman–Crippen MR) is 110 cm³/mol. The second-order valence-corrected chi connectivity index (χ2v) is 6.84. The van der Waals surface area contributed by atoms with Crippen molar-refractivity contribution in [3.8, 4) is 5.75 Å². The average molecular weight is 409 g/mol. The summed E-state index contributed by atoms with van der Waals surface area (Å²) in [5, 5.41) is 1.41. The van der Waals surface area contributed by atoms with Crippen LogP contribution in [-0.2, 0) is 17.9 Å². The van der Waals surface area contributed by atoms with E-state index in [9.17, 15) is 13.6 Å². The molecule has 30 heavy (non-hydrogen) atoms. The van der Waals surface area contributed by atoms with Crippen LogP contribution >= 0.6 is 0 Å². The van der Waals surface area contributed by atoms with Gasteiger partial charge in [0.25, 0.3) is 0 Å². The first-order valence-electron chi connectivity index (χ1n) is 9.26. The third kappa shape index (κ3) is 3.59. The second kappa shape index (κ2) is 8.12. The number of hydrogen-bond acceptors (Lipinski definition) is 3. The summed E-state index contributed by atoms with van der Waals surface area (Å²) in [6, 6.07) is 18.9. The molecule has 0 spiro atoms. The molecule has 1 radical (unpaired) electrons. The molecule has 0 aliphatic carbocycles. The lowest BCUT2D eigenvalue weighted by molar-refractivity contribution is -0.0504. The van der Waals surface area contributed by atoms with Crippen molar-refractivity contribution in [2.75, 3.05) is 7.11 Å². The molecule has 7 heteroatoms. The molecule has 0 atom stereocenters. The van der Waals surface area contributed by atoms with Crippen LogP contribution in [0.5, 0.6) is 5.75 Å². The number of benzene rings is 3. The van der Waals surface area contributed by atoms with Gasteiger partial charge in [0.05, 0.1) is 24.2 Å². The molecule has 0 unspecified atom stereocenters. The van der Waals surface area contributed by atoms with E-state index in [0.717, 1.165) is 22.0 Å². The maximum atomic E-state index is 12.9. The Kier molecular flexibility index (Phi) is 5.37. The van der Waals surface area contributed by atoms with Crippen LogP contribution in [0.2, 0.25) is 0 Å². The Morgan fingerprint density at radius 2 is 1.97 bits per heavy atom. The van der Waals surface area contributed by atoms with Crippen molar-refractivity contribution < 1.29 is 23.0 Å². The quantitative estimate of drug-likeness (QED) is 0.489. The van der Waals surface area contributed by atoms with Crippen LogP contribution in [0.25, 0.3) is 21.8 Å². The third-order valence-electron chi connectivity index (χ3n) is 4.95. The summed E-state index contributed by atoms with van der Waals surface area (Å²) in [5.74, 6) is -0.443. The van der Waals surface area contributed by atoms with Gasteiger partial charge in [0.15, 0.2) is 0 Å². The van der Waals surface area contributed by atoms with Gasteiger partial charge in [0.1, 0.15) is 5.75 Å². The second-order valence-electron chi connectivity index (χ2n) is 6.84. The normalized spacial score (nSPS) is 11.5. The van der Waals surface area contributed by atoms with E-state index in [0.29, 0.717) is 23.1 Å². The van der Waals surface area contributed by atoms with Gasteiger partial charge in [-0.05, 0) is 42.0 Å². The Morgan fingerprint density at radius 1 is 1.17 bits per heavy atom. The zero-order valence-corrected chi connectivity index (χ0v) is 16.2. The van der Waals surface area contributed by atoms with Crippen LogP contribution in [0, 0.1) is 6.07 Å². The van der Waals surface area contributed by atoms with Gasteiger partial charge in [-0.25, -0.2) is 0 Å². The fourth-order valence-electron chi connectivity index (χ4n) is 3.74. The molecule has 0 aliphatic heterocycles. The molecule has 0 fully saturated rings. The zero-order valence-electron chi connectivity index (χ0n) is 16.2. The summed E-state index contributed by atoms with van der Waals surface area (Å²) in [6.07, 6.45) is 0. The number of fused-ring (bicyclic) bond motifs is 3. The van der Waals surface area contributed by atoms with Crippen LogP contribution < -0.4 is 10.5 Å². The SMILES string of the molecule is COCc1c[c]c2c3c(C(N)=O)cccc3n(Cc3ccccc3OC(F)F)c2c1. The standard InChI is InChI=1S/C23H19F2N2O3/c1-29-13-14-9-10-16-19(11-14)27(18-7-4-6-17(21(16)18)22(26)28)12-15-5-2-3-8-20(15)30-23(24)25/h2-9,11,23H,12-13H2,1H3,(H2,26,28). The molecule has 5 nitrogen and oxygen atoms in total. The van der Waals surface area contributed by atoms with Gasteiger partial charge in [-0.3, -0.25) is 4.79 Å². The van der Waals surface area contributed by atoms with Crippen molar-refractivity contribution in [2.45, 2.75) is 19.8 Å². The number of carbonyl (C=O) groups is 1. The summed E-state index contributed by atoms with van der Waals surface area (Å²) in [5.41, 5.74) is 9.00. The first-order valence-corrected chi connectivity index (χ1v) is 9.26. The average Bonchev–Trinajstić information content (AvgIpc) is 3.02. The lowest BCUT2D eigenvalue weighted by Crippen LogP contribution is -2.11. The fourth-order valence-corrected chi connectivity index (χ4v) is 3.74. The molecule has 153 valence electrons. The molecule has 0 saturated carbocycles. The van der Waals surface area contributed by atoms with Crippen molar-refractivity contribution in [2.24, 2.45) is 5.73 Å². The van der Waals surface area contributed by atoms with E-state index in [1.165, 1.54) is 6.07 Å². The highest BCUT2D eigenvalue weighted by molar-refractivity contribution is 6.17. The predicted octanol–water partition coefficient (Wildman–Crippen LogP) is 4.49. The molecule has 1 aromatic heterocycles. The van der Waals surface area contributed by atoms with Crippen molar-refractivity contribution in [1.29, 1.82) is 0 Å². The third-order valence-corrected chi connectivity index (χ3v) is 4.95. The number of methoxy groups -OCH3 is 1. The number of para-hydroxylation sites is 1. The zero-order chi connectivity index (χ0) is 21.3. The number of halogens is 2. The molecule has 0 bridgehead atoms. The van der Waals surface area contributed by atoms with Crippen LogP contribution in [-0.4, -0.2) is 24.2 Å². The number of primary amides is 1. The van der Waals surface area contributed by atoms with Gasteiger partial charge in [-0.1, -0.05) is 24.3 Å². The van der Waals surface area contributed by atoms with Crippen LogP contribution in [0.4, 0.5) is 8.78 Å². The van der Waals surface area contributed by atoms with Gasteiger partial charge in [-0.2, -0.15) is 8.78 Å². The number of amides is 1. The summed E-state index contributed by atoms with van der Waals surface area (Å²) in [7, 11) is 1.60. The lowest BCUT2D eigenvalue weighted by Gasteiger charge is -2.13. The molecule has 1 heterocycles. The minimum atomic E-state index is -2.92. The highest BCUT2D eigenvalue weighted by atomic mass is 19.3. The van der Waals surface area contributed by atoms with Crippen LogP contribution in [0.1, 0.15) is 21.5 Å². The van der Waals surface area contributed by atoms with E-state index in [1.807, 2.05) is 16.7 Å². The molecular weight excluding hydrogens is 390 g/mol. The highest BCUT2D eigenvalue weighted by Crippen LogP contribution is 2.34. The lowest BCUT2D eigenvalue weighted by atomic mass is 10.0. The molecule has 0 saturated heterocycles. The first kappa shape index (κ1) is 19.8. The van der Waals surface area contributed by atoms with Gasteiger partial charge in [-0.15, -0.1) is 0 Å². The van der Waals surface area contributed by atoms with E-state index < -0.39 is 12.5 Å². The monoisotopic (exact) mass is 409 g/mol. The summed E-state index contributed by atoms with van der Waals surface area (Å²) in [4.78, 5) is 12.0. The molecule has 0 aliphatic rings. The fraction of sp³-hybridized carbons (Fsp3) is 0.174. The molecular formula is C23H19F2N2O3. The Bertz CT molecular complexity index is 1230. The van der Waals surface area contributed by atoms with Crippen molar-refractivity contribution >= 4 is 27.7 Å². The maximum absolute atomic E-state index is 12.9. The van der Waals surface area contributed by atoms with E-state index in [-0.39, 0.29) is 12.3 Å². The van der Waals surface area contributed by atoms with E-state index >= 15 is 0 Å². The number of carbonyl (C=O) groups excluding carboxylic acids is 1. The minimum absolute atomic E-state index is 0.102. The first-order chi connectivity index (χ1) is 14.5. The van der Waals surface area contributed by atoms with Crippen molar-refractivity contribution in [3.05, 3.63) is 77.4 Å². The molecule has 1 amide bonds. The van der Waals surface area contributed by atoms with Gasteiger partial charge in [0.2, 0.25) is 5.91 Å². The largest absolute Gasteiger partial charge is 0.434 e. The Hall–Kier alpha value is -3.45. The minimum Gasteiger partial charge on any atom is -0.434 e. The molecule has 4 rings (SSSR count). The van der Waals surface area contributed by atoms with E-state index in [1.54, 1.807) is 43.5 Å². The number of rotatable bonds is 7. The van der Waals surface area contributed by atoms with Crippen LogP contribution in [0.15, 0.2) is 54.6 Å². The van der Waals surface area contributed by atoms with Crippen LogP contribution in [0.3, 0.4) is 0 Å². The molecule has 2 N–H and O–H groups in total. The topological polar surface area (TPSA) is 66.5 Å². The summed E-state index contributed by atoms with van der Waals surface area (Å²) >= 11 is 0. The summed E-state index contributed by atoms with van der Waals surface area (Å²) < 4.78 is 37.6. The molecule has 3 aromatic carbocycles. The van der Waals surface area contributed by atoms with Crippen molar-refractivity contribution in [3.63, 3.8) is 0 Å². The number of hydrogen-bond donors (Lipinski definition) is 1. The van der Waals surface area contributed by atoms with Gasteiger partial charge < -0.3 is 19.8 Å². The molecule has 4 aromatic rings. The number of ether oxygens (including phenoxy) is 2. The van der Waals surface area contributed by atoms with Gasteiger partial charge >= 0.3 is 6.61 Å². The van der Waals surface area contributed by atoms with E-state index in [2.05, 4.69) is 6.07 Å². The Balaban J connectivity index is 1.97. The Labute approximate surface area is 171 Å². The Morgan fingerprint density at radius 3 is 2.70 bits per heavy atom. The smallest absolute Gasteiger partial charge is 0.387 e. The highest BCUT2D eigenvalue weighted by Gasteiger charge is 2.18. The number of nitrogens with two attached hydrogens (primary N) is 1.